The number of benzene rings is 1. The Morgan fingerprint density at radius 2 is 1.82 bits per heavy atom. The van der Waals surface area contributed by atoms with Gasteiger partial charge in [0.05, 0.1) is 5.25 Å². The minimum absolute atomic E-state index is 0.170. The van der Waals surface area contributed by atoms with E-state index in [0.29, 0.717) is 5.75 Å². The summed E-state index contributed by atoms with van der Waals surface area (Å²) >= 11 is 1.02. The van der Waals surface area contributed by atoms with Gasteiger partial charge in [0.25, 0.3) is 11.1 Å². The summed E-state index contributed by atoms with van der Waals surface area (Å²) < 4.78 is 24.1. The van der Waals surface area contributed by atoms with Crippen LogP contribution in [0.1, 0.15) is 46.6 Å². The van der Waals surface area contributed by atoms with Gasteiger partial charge in [0.1, 0.15) is 11.6 Å². The van der Waals surface area contributed by atoms with E-state index in [9.17, 15) is 14.0 Å². The van der Waals surface area contributed by atoms with Crippen molar-refractivity contribution in [1.29, 1.82) is 0 Å². The summed E-state index contributed by atoms with van der Waals surface area (Å²) in [6.45, 7) is 8.75. The monoisotopic (exact) mass is 410 g/mol. The number of urea groups is 1. The highest BCUT2D eigenvalue weighted by Crippen LogP contribution is 2.26. The zero-order valence-electron chi connectivity index (χ0n) is 16.3. The zero-order valence-corrected chi connectivity index (χ0v) is 17.1. The second-order valence-electron chi connectivity index (χ2n) is 7.07. The van der Waals surface area contributed by atoms with E-state index in [1.165, 1.54) is 24.3 Å². The number of carbonyl (C=O) groups is 2. The van der Waals surface area contributed by atoms with E-state index in [2.05, 4.69) is 20.8 Å². The number of halogens is 1. The Bertz CT molecular complexity index is 820. The predicted octanol–water partition coefficient (Wildman–Crippen LogP) is 3.45. The van der Waals surface area contributed by atoms with E-state index < -0.39 is 28.8 Å². The minimum atomic E-state index is -0.632. The molecule has 28 heavy (non-hydrogen) atoms. The number of carbonyl (C=O) groups excluding carboxylic acids is 2. The zero-order chi connectivity index (χ0) is 20.9. The maximum absolute atomic E-state index is 12.9. The largest absolute Gasteiger partial charge is 0.481 e. The van der Waals surface area contributed by atoms with Gasteiger partial charge in [-0.15, -0.1) is 10.2 Å². The van der Waals surface area contributed by atoms with Gasteiger partial charge in [-0.25, -0.2) is 9.18 Å². The molecule has 2 rings (SSSR count). The van der Waals surface area contributed by atoms with E-state index >= 15 is 0 Å². The van der Waals surface area contributed by atoms with Crippen LogP contribution in [0.3, 0.4) is 0 Å². The van der Waals surface area contributed by atoms with E-state index in [1.807, 2.05) is 20.8 Å². The SMILES string of the molecule is C[C@@H](Sc1nnc([C@@H](C)Oc2ccc(F)cc2)o1)C(=O)NC(=O)NC(C)(C)C. The molecule has 0 aliphatic rings. The fourth-order valence-electron chi connectivity index (χ4n) is 1.99. The van der Waals surface area contributed by atoms with Gasteiger partial charge >= 0.3 is 6.03 Å². The number of rotatable bonds is 6. The average molecular weight is 410 g/mol. The number of ether oxygens (including phenoxy) is 1. The first kappa shape index (κ1) is 21.7. The summed E-state index contributed by atoms with van der Waals surface area (Å²) in [7, 11) is 0. The third kappa shape index (κ3) is 6.84. The molecule has 1 aromatic carbocycles. The first-order chi connectivity index (χ1) is 13.0. The van der Waals surface area contributed by atoms with Crippen LogP contribution in [-0.4, -0.2) is 32.9 Å². The van der Waals surface area contributed by atoms with Crippen molar-refractivity contribution in [3.8, 4) is 5.75 Å². The van der Waals surface area contributed by atoms with Crippen LogP contribution in [0, 0.1) is 5.82 Å². The highest BCUT2D eigenvalue weighted by molar-refractivity contribution is 8.00. The maximum atomic E-state index is 12.9. The molecule has 152 valence electrons. The van der Waals surface area contributed by atoms with E-state index in [-0.39, 0.29) is 16.9 Å². The lowest BCUT2D eigenvalue weighted by Crippen LogP contribution is -2.49. The average Bonchev–Trinajstić information content (AvgIpc) is 3.03. The molecule has 10 heteroatoms. The highest BCUT2D eigenvalue weighted by Gasteiger charge is 2.23. The summed E-state index contributed by atoms with van der Waals surface area (Å²) in [5, 5.41) is 12.2. The van der Waals surface area contributed by atoms with Gasteiger partial charge in [0.15, 0.2) is 6.10 Å². The molecule has 0 radical (unpaired) electrons. The van der Waals surface area contributed by atoms with Crippen LogP contribution in [-0.2, 0) is 4.79 Å². The van der Waals surface area contributed by atoms with Crippen LogP contribution in [0.5, 0.6) is 5.75 Å². The molecule has 0 fully saturated rings. The van der Waals surface area contributed by atoms with Crippen molar-refractivity contribution in [3.63, 3.8) is 0 Å². The Hall–Kier alpha value is -2.62. The first-order valence-corrected chi connectivity index (χ1v) is 9.47. The van der Waals surface area contributed by atoms with Gasteiger partial charge in [-0.3, -0.25) is 10.1 Å². The number of hydrogen-bond donors (Lipinski definition) is 2. The normalized spacial score (nSPS) is 13.5. The summed E-state index contributed by atoms with van der Waals surface area (Å²) in [5.74, 6) is -0.175. The summed E-state index contributed by atoms with van der Waals surface area (Å²) in [6, 6.07) is 4.98. The molecular weight excluding hydrogens is 387 g/mol. The molecule has 0 unspecified atom stereocenters. The van der Waals surface area contributed by atoms with Gasteiger partial charge in [0, 0.05) is 5.54 Å². The number of thioether (sulfide) groups is 1. The second-order valence-corrected chi connectivity index (χ2v) is 8.37. The van der Waals surface area contributed by atoms with Gasteiger partial charge in [-0.2, -0.15) is 0 Å². The molecule has 0 aliphatic heterocycles. The third-order valence-electron chi connectivity index (χ3n) is 3.27. The molecule has 0 aliphatic carbocycles. The van der Waals surface area contributed by atoms with Crippen molar-refractivity contribution in [1.82, 2.24) is 20.8 Å². The van der Waals surface area contributed by atoms with Crippen LogP contribution in [0.4, 0.5) is 9.18 Å². The van der Waals surface area contributed by atoms with Crippen LogP contribution >= 0.6 is 11.8 Å². The van der Waals surface area contributed by atoms with Crippen LogP contribution in [0.15, 0.2) is 33.9 Å². The van der Waals surface area contributed by atoms with Crippen molar-refractivity contribution >= 4 is 23.7 Å². The van der Waals surface area contributed by atoms with Gasteiger partial charge < -0.3 is 14.5 Å². The fraction of sp³-hybridized carbons (Fsp3) is 0.444. The lowest BCUT2D eigenvalue weighted by molar-refractivity contribution is -0.119. The van der Waals surface area contributed by atoms with Gasteiger partial charge in [-0.1, -0.05) is 11.8 Å². The molecule has 0 saturated carbocycles. The van der Waals surface area contributed by atoms with Crippen molar-refractivity contribution in [2.45, 2.75) is 56.7 Å². The van der Waals surface area contributed by atoms with Crippen molar-refractivity contribution < 1.29 is 23.1 Å². The molecule has 3 amide bonds. The Balaban J connectivity index is 1.89. The van der Waals surface area contributed by atoms with Crippen molar-refractivity contribution in [3.05, 3.63) is 36.0 Å². The number of nitrogens with one attached hydrogen (secondary N) is 2. The molecule has 1 aromatic heterocycles. The Morgan fingerprint density at radius 3 is 2.43 bits per heavy atom. The third-order valence-corrected chi connectivity index (χ3v) is 4.20. The molecular formula is C18H23FN4O4S. The summed E-state index contributed by atoms with van der Waals surface area (Å²) in [4.78, 5) is 23.9. The van der Waals surface area contributed by atoms with Crippen molar-refractivity contribution in [2.24, 2.45) is 0 Å². The molecule has 2 N–H and O–H groups in total. The maximum Gasteiger partial charge on any atom is 0.321 e. The summed E-state index contributed by atoms with van der Waals surface area (Å²) in [6.07, 6.45) is -0.561. The van der Waals surface area contributed by atoms with Gasteiger partial charge in [-0.05, 0) is 58.9 Å². The molecule has 0 bridgehead atoms. The molecule has 8 nitrogen and oxygen atoms in total. The first-order valence-electron chi connectivity index (χ1n) is 8.59. The molecule has 0 spiro atoms. The molecule has 2 atom stereocenters. The second kappa shape index (κ2) is 9.05. The van der Waals surface area contributed by atoms with Crippen molar-refractivity contribution in [2.75, 3.05) is 0 Å². The molecule has 2 aromatic rings. The van der Waals surface area contributed by atoms with Gasteiger partial charge in [0.2, 0.25) is 5.91 Å². The topological polar surface area (TPSA) is 106 Å². The van der Waals surface area contributed by atoms with Crippen LogP contribution < -0.4 is 15.4 Å². The smallest absolute Gasteiger partial charge is 0.321 e. The number of amides is 3. The Kier molecular flexibility index (Phi) is 7.00. The fourth-order valence-corrected chi connectivity index (χ4v) is 2.68. The van der Waals surface area contributed by atoms with E-state index in [1.54, 1.807) is 13.8 Å². The van der Waals surface area contributed by atoms with E-state index in [4.69, 9.17) is 9.15 Å². The van der Waals surface area contributed by atoms with Crippen LogP contribution in [0.25, 0.3) is 0 Å². The number of imide groups is 1. The Morgan fingerprint density at radius 1 is 1.18 bits per heavy atom. The minimum Gasteiger partial charge on any atom is -0.481 e. The lowest BCUT2D eigenvalue weighted by atomic mass is 10.1. The Labute approximate surface area is 166 Å². The predicted molar refractivity (Wildman–Crippen MR) is 101 cm³/mol. The summed E-state index contributed by atoms with van der Waals surface area (Å²) in [5.41, 5.74) is -0.456. The highest BCUT2D eigenvalue weighted by atomic mass is 32.2. The number of aromatic nitrogens is 2. The molecule has 0 saturated heterocycles. The quantitative estimate of drug-likeness (QED) is 0.703. The van der Waals surface area contributed by atoms with E-state index in [0.717, 1.165) is 11.8 Å². The molecule has 1 heterocycles. The lowest BCUT2D eigenvalue weighted by Gasteiger charge is -2.20. The van der Waals surface area contributed by atoms with Crippen LogP contribution in [0.2, 0.25) is 0 Å². The standard InChI is InChI=1S/C18H23FN4O4S/c1-10(26-13-8-6-12(19)7-9-13)15-22-23-17(27-15)28-11(2)14(24)20-16(25)21-18(3,4)5/h6-11H,1-5H3,(H2,20,21,24,25)/t10-,11-/m1/s1. The number of hydrogen-bond acceptors (Lipinski definition) is 7. The number of nitrogens with zero attached hydrogens (tertiary/aromatic N) is 2.